The smallest absolute Gasteiger partial charge is 0.419 e. The molecule has 0 spiro atoms. The zero-order valence-electron chi connectivity index (χ0n) is 26.8. The van der Waals surface area contributed by atoms with E-state index >= 15 is 0 Å². The van der Waals surface area contributed by atoms with Crippen molar-refractivity contribution in [2.75, 3.05) is 13.2 Å². The summed E-state index contributed by atoms with van der Waals surface area (Å²) in [5, 5.41) is 0. The van der Waals surface area contributed by atoms with Gasteiger partial charge in [-0.05, 0) is 33.1 Å². The Hall–Kier alpha value is -1.42. The molecule has 1 aromatic rings. The fraction of sp³-hybridized carbons (Fsp3) is 0.794. The van der Waals surface area contributed by atoms with Gasteiger partial charge in [0.1, 0.15) is 19.7 Å². The number of ether oxygens (including phenoxy) is 3. The first kappa shape index (κ1) is 38.6. The number of aryl methyl sites for hydroxylation is 1. The van der Waals surface area contributed by atoms with Gasteiger partial charge >= 0.3 is 12.2 Å². The van der Waals surface area contributed by atoms with E-state index in [1.54, 1.807) is 6.92 Å². The Morgan fingerprint density at radius 2 is 1.33 bits per heavy atom. The summed E-state index contributed by atoms with van der Waals surface area (Å²) in [4.78, 5) is 26.4. The van der Waals surface area contributed by atoms with Gasteiger partial charge in [0.2, 0.25) is 5.69 Å². The van der Waals surface area contributed by atoms with E-state index in [1.807, 2.05) is 35.9 Å². The summed E-state index contributed by atoms with van der Waals surface area (Å²) in [6.07, 6.45) is 24.2. The summed E-state index contributed by atoms with van der Waals surface area (Å²) in [5.41, 5.74) is 0.834. The van der Waals surface area contributed by atoms with E-state index in [0.29, 0.717) is 0 Å². The van der Waals surface area contributed by atoms with Crippen LogP contribution in [0, 0.1) is 0 Å². The third kappa shape index (κ3) is 16.4. The molecule has 0 aliphatic carbocycles. The number of imide groups is 1. The maximum Gasteiger partial charge on any atom is 0.419 e. The molecule has 2 unspecified atom stereocenters. The van der Waals surface area contributed by atoms with Crippen molar-refractivity contribution in [2.45, 2.75) is 162 Å². The van der Waals surface area contributed by atoms with E-state index in [1.165, 1.54) is 96.3 Å². The average Bonchev–Trinajstić information content (AvgIpc) is 3.44. The second-order valence-electron chi connectivity index (χ2n) is 11.5. The lowest BCUT2D eigenvalue weighted by Gasteiger charge is -2.20. The van der Waals surface area contributed by atoms with Crippen molar-refractivity contribution in [1.82, 2.24) is 4.90 Å². The number of amides is 2. The van der Waals surface area contributed by atoms with Gasteiger partial charge in [0.25, 0.3) is 0 Å². The average molecular weight is 703 g/mol. The van der Waals surface area contributed by atoms with Crippen LogP contribution in [0.25, 0.3) is 0 Å². The minimum absolute atomic E-state index is 0. The lowest BCUT2D eigenvalue weighted by Crippen LogP contribution is -3.00. The maximum atomic E-state index is 12.9. The van der Waals surface area contributed by atoms with Crippen LogP contribution < -0.4 is 28.5 Å². The third-order valence-corrected chi connectivity index (χ3v) is 8.12. The number of hydrogen-bond donors (Lipinski definition) is 0. The van der Waals surface area contributed by atoms with Gasteiger partial charge in [-0.1, -0.05) is 109 Å². The first-order valence-electron chi connectivity index (χ1n) is 16.8. The van der Waals surface area contributed by atoms with Crippen LogP contribution in [-0.2, 0) is 27.3 Å². The molecule has 242 valence electrons. The molecule has 1 aliphatic heterocycles. The monoisotopic (exact) mass is 702 g/mol. The SMILES string of the molecule is CCCCCCCCCCCCCCCCCC1CCC(COC(=O)N(Cc2cccc[n+]2CC)C(=O)OCC)O1.[I-]. The van der Waals surface area contributed by atoms with Gasteiger partial charge in [-0.2, -0.15) is 0 Å². The summed E-state index contributed by atoms with van der Waals surface area (Å²) in [5.74, 6) is 0. The van der Waals surface area contributed by atoms with Crippen LogP contribution in [0.3, 0.4) is 0 Å². The second kappa shape index (κ2) is 25.0. The van der Waals surface area contributed by atoms with E-state index in [2.05, 4.69) is 6.92 Å². The molecule has 1 aliphatic rings. The van der Waals surface area contributed by atoms with E-state index in [-0.39, 0.29) is 55.9 Å². The Labute approximate surface area is 273 Å². The van der Waals surface area contributed by atoms with Crippen LogP contribution in [0.1, 0.15) is 142 Å². The molecule has 7 nitrogen and oxygen atoms in total. The minimum atomic E-state index is -0.692. The number of nitrogens with zero attached hydrogens (tertiary/aromatic N) is 2. The van der Waals surface area contributed by atoms with Crippen LogP contribution in [0.4, 0.5) is 9.59 Å². The number of carbonyl (C=O) groups excluding carboxylic acids is 2. The standard InChI is InChI=1S/C34H59N2O5.HI/c1-4-7-8-9-10-11-12-13-14-15-16-17-18-19-20-24-31-25-26-32(41-31)29-40-34(38)36(33(37)39-6-3)28-30-23-21-22-27-35(30)5-2;/h21-23,27,31-32H,4-20,24-26,28-29H2,1-3H3;1H/q+1;/p-1. The molecule has 1 aromatic heterocycles. The van der Waals surface area contributed by atoms with Crippen LogP contribution in [0.15, 0.2) is 24.4 Å². The highest BCUT2D eigenvalue weighted by atomic mass is 127. The van der Waals surface area contributed by atoms with Crippen molar-refractivity contribution < 1.29 is 52.3 Å². The van der Waals surface area contributed by atoms with Crippen molar-refractivity contribution in [3.05, 3.63) is 30.1 Å². The molecule has 42 heavy (non-hydrogen) atoms. The Bertz CT molecular complexity index is 840. The predicted molar refractivity (Wildman–Crippen MR) is 164 cm³/mol. The molecule has 2 heterocycles. The topological polar surface area (TPSA) is 69.0 Å². The number of rotatable bonds is 22. The summed E-state index contributed by atoms with van der Waals surface area (Å²) in [6.45, 7) is 7.20. The molecular formula is C34H59IN2O5. The highest BCUT2D eigenvalue weighted by Crippen LogP contribution is 2.25. The number of carbonyl (C=O) groups is 2. The first-order chi connectivity index (χ1) is 20.1. The number of unbranched alkanes of at least 4 members (excludes halogenated alkanes) is 14. The molecular weight excluding hydrogens is 643 g/mol. The van der Waals surface area contributed by atoms with Crippen molar-refractivity contribution >= 4 is 12.2 Å². The highest BCUT2D eigenvalue weighted by molar-refractivity contribution is 5.87. The lowest BCUT2D eigenvalue weighted by atomic mass is 10.0. The number of halogens is 1. The number of aromatic nitrogens is 1. The number of pyridine rings is 1. The number of hydrogen-bond acceptors (Lipinski definition) is 5. The predicted octanol–water partition coefficient (Wildman–Crippen LogP) is 5.90. The zero-order valence-corrected chi connectivity index (χ0v) is 29.0. The van der Waals surface area contributed by atoms with E-state index in [4.69, 9.17) is 14.2 Å². The summed E-state index contributed by atoms with van der Waals surface area (Å²) in [6, 6.07) is 5.71. The van der Waals surface area contributed by atoms with Gasteiger partial charge in [0, 0.05) is 12.1 Å². The quantitative estimate of drug-likeness (QED) is 0.0856. The molecule has 1 fully saturated rings. The van der Waals surface area contributed by atoms with Gasteiger partial charge in [0.05, 0.1) is 18.8 Å². The van der Waals surface area contributed by atoms with Crippen LogP contribution in [0.2, 0.25) is 0 Å². The Morgan fingerprint density at radius 3 is 1.90 bits per heavy atom. The summed E-state index contributed by atoms with van der Waals surface area (Å²) >= 11 is 0. The van der Waals surface area contributed by atoms with Gasteiger partial charge < -0.3 is 38.2 Å². The van der Waals surface area contributed by atoms with Gasteiger partial charge in [0.15, 0.2) is 6.20 Å². The molecule has 0 N–H and O–H groups in total. The highest BCUT2D eigenvalue weighted by Gasteiger charge is 2.31. The Morgan fingerprint density at radius 1 is 0.786 bits per heavy atom. The first-order valence-corrected chi connectivity index (χ1v) is 16.8. The minimum Gasteiger partial charge on any atom is -1.00 e. The maximum absolute atomic E-state index is 12.9. The van der Waals surface area contributed by atoms with Crippen LogP contribution in [0.5, 0.6) is 0 Å². The fourth-order valence-corrected chi connectivity index (χ4v) is 5.63. The lowest BCUT2D eigenvalue weighted by molar-refractivity contribution is -0.701. The second-order valence-corrected chi connectivity index (χ2v) is 11.5. The summed E-state index contributed by atoms with van der Waals surface area (Å²) < 4.78 is 18.8. The van der Waals surface area contributed by atoms with E-state index < -0.39 is 12.2 Å². The van der Waals surface area contributed by atoms with Crippen molar-refractivity contribution in [1.29, 1.82) is 0 Å². The van der Waals surface area contributed by atoms with Gasteiger partial charge in [-0.15, -0.1) is 0 Å². The summed E-state index contributed by atoms with van der Waals surface area (Å²) in [7, 11) is 0. The van der Waals surface area contributed by atoms with Crippen molar-refractivity contribution in [3.63, 3.8) is 0 Å². The van der Waals surface area contributed by atoms with Crippen LogP contribution in [-0.4, -0.2) is 42.5 Å². The fourth-order valence-electron chi connectivity index (χ4n) is 5.63. The molecule has 8 heteroatoms. The Balaban J connectivity index is 0.00000882. The normalized spacial score (nSPS) is 16.2. The van der Waals surface area contributed by atoms with Crippen molar-refractivity contribution in [3.8, 4) is 0 Å². The van der Waals surface area contributed by atoms with Gasteiger partial charge in [-0.3, -0.25) is 0 Å². The molecule has 2 atom stereocenters. The van der Waals surface area contributed by atoms with E-state index in [9.17, 15) is 9.59 Å². The van der Waals surface area contributed by atoms with Gasteiger partial charge in [-0.25, -0.2) is 19.1 Å². The molecule has 2 amide bonds. The largest absolute Gasteiger partial charge is 1.00 e. The molecule has 0 radical (unpaired) electrons. The molecule has 0 bridgehead atoms. The third-order valence-electron chi connectivity index (χ3n) is 8.12. The molecule has 2 rings (SSSR count). The molecule has 0 aromatic carbocycles. The zero-order chi connectivity index (χ0) is 29.5. The Kier molecular flexibility index (Phi) is 22.9. The van der Waals surface area contributed by atoms with Crippen molar-refractivity contribution in [2.24, 2.45) is 0 Å². The van der Waals surface area contributed by atoms with Crippen LogP contribution >= 0.6 is 0 Å². The molecule has 0 saturated carbocycles. The molecule has 1 saturated heterocycles. The van der Waals surface area contributed by atoms with E-state index in [0.717, 1.165) is 36.4 Å².